The maximum Gasteiger partial charge on any atom is 0.184 e. The van der Waals surface area contributed by atoms with Crippen molar-refractivity contribution in [3.8, 4) is 22.8 Å². The minimum Gasteiger partial charge on any atom is -0.457 e. The number of hydrogen-bond acceptors (Lipinski definition) is 6. The number of aromatic nitrogens is 3. The molecular formula is C28H22FN3O3S. The van der Waals surface area contributed by atoms with E-state index in [9.17, 15) is 12.8 Å². The third kappa shape index (κ3) is 4.81. The fraction of sp³-hybridized carbons (Fsp3) is 0.107. The molecule has 2 aromatic heterocycles. The van der Waals surface area contributed by atoms with E-state index in [-0.39, 0.29) is 16.5 Å². The SMILES string of the molecule is Cc1cc(Oc2ccc(-c3nccc4cc(S(=O)(=O)Cc5ccncn5)ccc34)c(C)c2)ccc1F. The van der Waals surface area contributed by atoms with Crippen molar-refractivity contribution >= 4 is 20.6 Å². The highest BCUT2D eigenvalue weighted by atomic mass is 32.2. The zero-order valence-corrected chi connectivity index (χ0v) is 20.5. The standard InChI is InChI=1S/C28H22FN3O3S/c1-18-13-22(35-23-4-8-27(29)19(2)14-23)3-6-25(18)28-26-7-5-24(15-20(26)9-12-31-28)36(33,34)16-21-10-11-30-17-32-21/h3-15,17H,16H2,1-2H3. The predicted octanol–water partition coefficient (Wildman–Crippen LogP) is 6.21. The Balaban J connectivity index is 1.46. The summed E-state index contributed by atoms with van der Waals surface area (Å²) in [5.41, 5.74) is 3.54. The van der Waals surface area contributed by atoms with Gasteiger partial charge in [-0.15, -0.1) is 0 Å². The van der Waals surface area contributed by atoms with Crippen LogP contribution in [0.4, 0.5) is 4.39 Å². The Kier molecular flexibility index (Phi) is 6.20. The summed E-state index contributed by atoms with van der Waals surface area (Å²) in [7, 11) is -3.58. The van der Waals surface area contributed by atoms with E-state index >= 15 is 0 Å². The summed E-state index contributed by atoms with van der Waals surface area (Å²) >= 11 is 0. The predicted molar refractivity (Wildman–Crippen MR) is 136 cm³/mol. The zero-order chi connectivity index (χ0) is 25.3. The van der Waals surface area contributed by atoms with Crippen LogP contribution in [0.15, 0.2) is 90.3 Å². The van der Waals surface area contributed by atoms with Crippen LogP contribution in [0.25, 0.3) is 22.0 Å². The number of pyridine rings is 1. The molecule has 5 rings (SSSR count). The number of halogens is 1. The number of fused-ring (bicyclic) bond motifs is 1. The minimum absolute atomic E-state index is 0.201. The molecule has 0 unspecified atom stereocenters. The monoisotopic (exact) mass is 499 g/mol. The molecule has 0 bridgehead atoms. The molecule has 0 saturated carbocycles. The van der Waals surface area contributed by atoms with Crippen molar-refractivity contribution in [2.45, 2.75) is 24.5 Å². The van der Waals surface area contributed by atoms with Crippen LogP contribution >= 0.6 is 0 Å². The maximum absolute atomic E-state index is 13.6. The van der Waals surface area contributed by atoms with Crippen LogP contribution in [0.5, 0.6) is 11.5 Å². The maximum atomic E-state index is 13.6. The second-order valence-corrected chi connectivity index (χ2v) is 10.5. The molecule has 0 aliphatic carbocycles. The van der Waals surface area contributed by atoms with Crippen molar-refractivity contribution in [1.29, 1.82) is 0 Å². The molecule has 6 nitrogen and oxygen atoms in total. The van der Waals surface area contributed by atoms with Gasteiger partial charge in [-0.05, 0) is 91.0 Å². The van der Waals surface area contributed by atoms with E-state index in [1.807, 2.05) is 25.1 Å². The minimum atomic E-state index is -3.58. The first-order chi connectivity index (χ1) is 17.3. The van der Waals surface area contributed by atoms with Gasteiger partial charge in [0.05, 0.1) is 22.0 Å². The summed E-state index contributed by atoms with van der Waals surface area (Å²) in [6, 6.07) is 18.7. The Hall–Kier alpha value is -4.17. The molecule has 5 aromatic rings. The van der Waals surface area contributed by atoms with E-state index in [1.54, 1.807) is 55.6 Å². The Morgan fingerprint density at radius 1 is 0.833 bits per heavy atom. The fourth-order valence-corrected chi connectivity index (χ4v) is 5.34. The van der Waals surface area contributed by atoms with Crippen LogP contribution in [0, 0.1) is 19.7 Å². The zero-order valence-electron chi connectivity index (χ0n) is 19.6. The van der Waals surface area contributed by atoms with Crippen LogP contribution in [0.1, 0.15) is 16.8 Å². The van der Waals surface area contributed by atoms with Gasteiger partial charge in [-0.25, -0.2) is 22.8 Å². The number of hydrogen-bond donors (Lipinski definition) is 0. The number of benzene rings is 3. The Bertz CT molecular complexity index is 1690. The van der Waals surface area contributed by atoms with E-state index < -0.39 is 9.84 Å². The molecule has 0 atom stereocenters. The van der Waals surface area contributed by atoms with Gasteiger partial charge in [0.1, 0.15) is 23.6 Å². The Morgan fingerprint density at radius 3 is 2.33 bits per heavy atom. The topological polar surface area (TPSA) is 82.0 Å². The number of sulfone groups is 1. The Morgan fingerprint density at radius 2 is 1.61 bits per heavy atom. The molecule has 0 fully saturated rings. The highest BCUT2D eigenvalue weighted by Gasteiger charge is 2.18. The van der Waals surface area contributed by atoms with Crippen molar-refractivity contribution in [3.05, 3.63) is 108 Å². The molecule has 0 aliphatic heterocycles. The van der Waals surface area contributed by atoms with Crippen LogP contribution in [-0.2, 0) is 15.6 Å². The van der Waals surface area contributed by atoms with E-state index in [0.29, 0.717) is 22.8 Å². The molecule has 2 heterocycles. The molecule has 3 aromatic carbocycles. The molecule has 0 N–H and O–H groups in total. The molecule has 0 saturated heterocycles. The number of ether oxygens (including phenoxy) is 1. The Labute approximate surface area is 208 Å². The summed E-state index contributed by atoms with van der Waals surface area (Å²) < 4.78 is 45.4. The van der Waals surface area contributed by atoms with Gasteiger partial charge in [0.25, 0.3) is 0 Å². The summed E-state index contributed by atoms with van der Waals surface area (Å²) in [5.74, 6) is 0.703. The lowest BCUT2D eigenvalue weighted by Gasteiger charge is -2.13. The first-order valence-electron chi connectivity index (χ1n) is 11.2. The van der Waals surface area contributed by atoms with Gasteiger partial charge in [0.2, 0.25) is 0 Å². The van der Waals surface area contributed by atoms with Crippen LogP contribution in [0.2, 0.25) is 0 Å². The van der Waals surface area contributed by atoms with E-state index in [4.69, 9.17) is 4.74 Å². The first-order valence-corrected chi connectivity index (χ1v) is 12.9. The van der Waals surface area contributed by atoms with E-state index in [1.165, 1.54) is 18.6 Å². The van der Waals surface area contributed by atoms with Crippen LogP contribution in [0.3, 0.4) is 0 Å². The number of nitrogens with zero attached hydrogens (tertiary/aromatic N) is 3. The summed E-state index contributed by atoms with van der Waals surface area (Å²) in [6.07, 6.45) is 4.53. The van der Waals surface area contributed by atoms with Gasteiger partial charge >= 0.3 is 0 Å². The summed E-state index contributed by atoms with van der Waals surface area (Å²) in [6.45, 7) is 3.65. The fourth-order valence-electron chi connectivity index (χ4n) is 4.03. The molecule has 180 valence electrons. The normalized spacial score (nSPS) is 11.5. The highest BCUT2D eigenvalue weighted by molar-refractivity contribution is 7.90. The number of aryl methyl sites for hydroxylation is 2. The van der Waals surface area contributed by atoms with Crippen LogP contribution in [-0.4, -0.2) is 23.4 Å². The third-order valence-electron chi connectivity index (χ3n) is 5.89. The van der Waals surface area contributed by atoms with Gasteiger partial charge in [0.15, 0.2) is 9.84 Å². The van der Waals surface area contributed by atoms with Gasteiger partial charge in [0, 0.05) is 23.3 Å². The molecule has 8 heteroatoms. The van der Waals surface area contributed by atoms with Gasteiger partial charge in [-0.2, -0.15) is 0 Å². The number of rotatable bonds is 6. The average molecular weight is 500 g/mol. The van der Waals surface area contributed by atoms with Gasteiger partial charge in [-0.1, -0.05) is 6.07 Å². The van der Waals surface area contributed by atoms with Crippen molar-refractivity contribution in [1.82, 2.24) is 15.0 Å². The van der Waals surface area contributed by atoms with Crippen LogP contribution < -0.4 is 4.74 Å². The lowest BCUT2D eigenvalue weighted by molar-refractivity contribution is 0.479. The molecule has 36 heavy (non-hydrogen) atoms. The van der Waals surface area contributed by atoms with Crippen molar-refractivity contribution in [2.24, 2.45) is 0 Å². The largest absolute Gasteiger partial charge is 0.457 e. The molecule has 0 spiro atoms. The third-order valence-corrected chi connectivity index (χ3v) is 7.54. The average Bonchev–Trinajstić information content (AvgIpc) is 2.86. The second kappa shape index (κ2) is 9.47. The van der Waals surface area contributed by atoms with E-state index in [0.717, 1.165) is 27.6 Å². The molecule has 0 amide bonds. The van der Waals surface area contributed by atoms with Gasteiger partial charge < -0.3 is 4.74 Å². The van der Waals surface area contributed by atoms with Crippen molar-refractivity contribution in [2.75, 3.05) is 0 Å². The van der Waals surface area contributed by atoms with Crippen molar-refractivity contribution in [3.63, 3.8) is 0 Å². The second-order valence-electron chi connectivity index (χ2n) is 8.49. The van der Waals surface area contributed by atoms with E-state index in [2.05, 4.69) is 15.0 Å². The lowest BCUT2D eigenvalue weighted by Crippen LogP contribution is -2.06. The quantitative estimate of drug-likeness (QED) is 0.276. The van der Waals surface area contributed by atoms with Gasteiger partial charge in [-0.3, -0.25) is 4.98 Å². The molecular weight excluding hydrogens is 477 g/mol. The van der Waals surface area contributed by atoms with Crippen molar-refractivity contribution < 1.29 is 17.5 Å². The molecule has 0 radical (unpaired) electrons. The highest BCUT2D eigenvalue weighted by Crippen LogP contribution is 2.33. The smallest absolute Gasteiger partial charge is 0.184 e. The summed E-state index contributed by atoms with van der Waals surface area (Å²) in [4.78, 5) is 12.7. The first kappa shape index (κ1) is 23.6. The lowest BCUT2D eigenvalue weighted by atomic mass is 10.00. The summed E-state index contributed by atoms with van der Waals surface area (Å²) in [5, 5.41) is 1.61. The molecule has 0 aliphatic rings.